The van der Waals surface area contributed by atoms with Crippen molar-refractivity contribution in [1.29, 1.82) is 0 Å². The molecule has 1 saturated carbocycles. The van der Waals surface area contributed by atoms with Gasteiger partial charge in [-0.3, -0.25) is 19.3 Å². The lowest BCUT2D eigenvalue weighted by Gasteiger charge is -2.19. The number of amides is 3. The summed E-state index contributed by atoms with van der Waals surface area (Å²) in [7, 11) is 0. The van der Waals surface area contributed by atoms with Crippen molar-refractivity contribution in [2.45, 2.75) is 45.1 Å². The molecule has 134 valence electrons. The highest BCUT2D eigenvalue weighted by molar-refractivity contribution is 6.22. The molecule has 1 aliphatic carbocycles. The fraction of sp³-hybridized carbons (Fsp3) is 0.526. The number of rotatable bonds is 6. The van der Waals surface area contributed by atoms with Crippen molar-refractivity contribution in [2.75, 3.05) is 13.1 Å². The monoisotopic (exact) mass is 343 g/mol. The minimum atomic E-state index is -0.302. The van der Waals surface area contributed by atoms with Crippen LogP contribution in [0, 0.1) is 5.92 Å². The normalized spacial score (nSPS) is 22.4. The third-order valence-corrected chi connectivity index (χ3v) is 5.25. The molecule has 3 N–H and O–H groups in total. The second kappa shape index (κ2) is 7.35. The first kappa shape index (κ1) is 17.6. The first-order valence-electron chi connectivity index (χ1n) is 9.08. The van der Waals surface area contributed by atoms with Gasteiger partial charge in [-0.15, -0.1) is 0 Å². The van der Waals surface area contributed by atoms with Crippen LogP contribution in [0.2, 0.25) is 0 Å². The van der Waals surface area contributed by atoms with E-state index in [-0.39, 0.29) is 23.8 Å². The Kier molecular flexibility index (Phi) is 5.18. The summed E-state index contributed by atoms with van der Waals surface area (Å²) in [5, 5.41) is 3.03. The van der Waals surface area contributed by atoms with E-state index in [2.05, 4.69) is 5.32 Å². The summed E-state index contributed by atoms with van der Waals surface area (Å²) >= 11 is 0. The van der Waals surface area contributed by atoms with Gasteiger partial charge in [0.15, 0.2) is 0 Å². The molecule has 3 rings (SSSR count). The third-order valence-electron chi connectivity index (χ3n) is 5.25. The van der Waals surface area contributed by atoms with Crippen LogP contribution in [0.3, 0.4) is 0 Å². The van der Waals surface area contributed by atoms with Crippen LogP contribution < -0.4 is 11.1 Å². The van der Waals surface area contributed by atoms with Crippen LogP contribution >= 0.6 is 0 Å². The maximum Gasteiger partial charge on any atom is 0.261 e. The van der Waals surface area contributed by atoms with Gasteiger partial charge in [-0.2, -0.15) is 0 Å². The standard InChI is InChI=1S/C19H25N3O3/c1-2-3-9-22-18(24)14-8-7-12(10-15(14)19(22)25)17(23)21-16-6-4-5-13(16)11-20/h7-8,10,13,16H,2-6,9,11,20H2,1H3,(H,21,23). The summed E-state index contributed by atoms with van der Waals surface area (Å²) in [6.45, 7) is 3.00. The lowest BCUT2D eigenvalue weighted by atomic mass is 10.0. The Bertz CT molecular complexity index is 701. The molecule has 0 bridgehead atoms. The highest BCUT2D eigenvalue weighted by Crippen LogP contribution is 2.27. The van der Waals surface area contributed by atoms with Gasteiger partial charge in [0.1, 0.15) is 0 Å². The SMILES string of the molecule is CCCCN1C(=O)c2ccc(C(=O)NC3CCCC3CN)cc2C1=O. The number of carbonyl (C=O) groups is 3. The zero-order valence-corrected chi connectivity index (χ0v) is 14.6. The van der Waals surface area contributed by atoms with Gasteiger partial charge in [-0.05, 0) is 49.9 Å². The lowest BCUT2D eigenvalue weighted by molar-refractivity contribution is 0.0652. The van der Waals surface area contributed by atoms with Crippen LogP contribution in [-0.2, 0) is 0 Å². The minimum absolute atomic E-state index is 0.0872. The Balaban J connectivity index is 1.76. The van der Waals surface area contributed by atoms with Crippen molar-refractivity contribution in [1.82, 2.24) is 10.2 Å². The van der Waals surface area contributed by atoms with E-state index < -0.39 is 0 Å². The van der Waals surface area contributed by atoms with Gasteiger partial charge < -0.3 is 11.1 Å². The number of nitrogens with zero attached hydrogens (tertiary/aromatic N) is 1. The molecule has 0 spiro atoms. The van der Waals surface area contributed by atoms with Crippen LogP contribution in [0.15, 0.2) is 18.2 Å². The van der Waals surface area contributed by atoms with Gasteiger partial charge >= 0.3 is 0 Å². The van der Waals surface area contributed by atoms with Crippen molar-refractivity contribution in [3.05, 3.63) is 34.9 Å². The van der Waals surface area contributed by atoms with E-state index in [0.29, 0.717) is 35.7 Å². The average molecular weight is 343 g/mol. The molecule has 1 aromatic carbocycles. The number of fused-ring (bicyclic) bond motifs is 1. The van der Waals surface area contributed by atoms with Crippen LogP contribution in [-0.4, -0.2) is 41.8 Å². The fourth-order valence-corrected chi connectivity index (χ4v) is 3.71. The summed E-state index contributed by atoms with van der Waals surface area (Å²) < 4.78 is 0. The van der Waals surface area contributed by atoms with Crippen LogP contribution in [0.4, 0.5) is 0 Å². The summed E-state index contributed by atoms with van der Waals surface area (Å²) in [6, 6.07) is 4.84. The van der Waals surface area contributed by atoms with E-state index in [0.717, 1.165) is 32.1 Å². The molecule has 1 aliphatic heterocycles. The van der Waals surface area contributed by atoms with Gasteiger partial charge in [0.25, 0.3) is 17.7 Å². The van der Waals surface area contributed by atoms with Crippen molar-refractivity contribution in [2.24, 2.45) is 11.7 Å². The van der Waals surface area contributed by atoms with Gasteiger partial charge in [-0.25, -0.2) is 0 Å². The summed E-state index contributed by atoms with van der Waals surface area (Å²) in [4.78, 5) is 38.7. The number of imide groups is 1. The van der Waals surface area contributed by atoms with Crippen molar-refractivity contribution in [3.63, 3.8) is 0 Å². The lowest BCUT2D eigenvalue weighted by Crippen LogP contribution is -2.39. The Morgan fingerprint density at radius 2 is 2.00 bits per heavy atom. The summed E-state index contributed by atoms with van der Waals surface area (Å²) in [5.41, 5.74) is 6.90. The van der Waals surface area contributed by atoms with Crippen molar-refractivity contribution in [3.8, 4) is 0 Å². The van der Waals surface area contributed by atoms with Gasteiger partial charge in [0.05, 0.1) is 11.1 Å². The van der Waals surface area contributed by atoms with E-state index >= 15 is 0 Å². The van der Waals surface area contributed by atoms with Gasteiger partial charge in [0, 0.05) is 18.2 Å². The Morgan fingerprint density at radius 1 is 1.24 bits per heavy atom. The molecule has 2 atom stereocenters. The second-order valence-electron chi connectivity index (χ2n) is 6.88. The Labute approximate surface area is 147 Å². The molecular formula is C19H25N3O3. The van der Waals surface area contributed by atoms with E-state index in [1.807, 2.05) is 6.92 Å². The fourth-order valence-electron chi connectivity index (χ4n) is 3.71. The largest absolute Gasteiger partial charge is 0.349 e. The number of unbranched alkanes of at least 4 members (excludes halogenated alkanes) is 1. The molecule has 2 aliphatic rings. The molecule has 6 heteroatoms. The predicted molar refractivity (Wildman–Crippen MR) is 94.4 cm³/mol. The molecule has 1 fully saturated rings. The highest BCUT2D eigenvalue weighted by Gasteiger charge is 2.36. The average Bonchev–Trinajstić information content (AvgIpc) is 3.16. The van der Waals surface area contributed by atoms with E-state index in [1.54, 1.807) is 18.2 Å². The topological polar surface area (TPSA) is 92.5 Å². The van der Waals surface area contributed by atoms with Crippen molar-refractivity contribution >= 4 is 17.7 Å². The van der Waals surface area contributed by atoms with Gasteiger partial charge in [0.2, 0.25) is 0 Å². The Morgan fingerprint density at radius 3 is 2.72 bits per heavy atom. The molecule has 3 amide bonds. The quantitative estimate of drug-likeness (QED) is 0.772. The maximum absolute atomic E-state index is 12.5. The second-order valence-corrected chi connectivity index (χ2v) is 6.88. The molecule has 0 saturated heterocycles. The molecule has 1 aromatic rings. The molecular weight excluding hydrogens is 318 g/mol. The molecule has 0 radical (unpaired) electrons. The summed E-state index contributed by atoms with van der Waals surface area (Å²) in [6.07, 6.45) is 4.72. The van der Waals surface area contributed by atoms with Crippen molar-refractivity contribution < 1.29 is 14.4 Å². The maximum atomic E-state index is 12.5. The summed E-state index contributed by atoms with van der Waals surface area (Å²) in [5.74, 6) is -0.463. The van der Waals surface area contributed by atoms with Crippen LogP contribution in [0.1, 0.15) is 70.1 Å². The highest BCUT2D eigenvalue weighted by atomic mass is 16.2. The van der Waals surface area contributed by atoms with E-state index in [9.17, 15) is 14.4 Å². The molecule has 25 heavy (non-hydrogen) atoms. The molecule has 2 unspecified atom stereocenters. The molecule has 6 nitrogen and oxygen atoms in total. The number of hydrogen-bond donors (Lipinski definition) is 2. The minimum Gasteiger partial charge on any atom is -0.349 e. The smallest absolute Gasteiger partial charge is 0.261 e. The number of benzene rings is 1. The first-order valence-corrected chi connectivity index (χ1v) is 9.08. The molecule has 0 aromatic heterocycles. The predicted octanol–water partition coefficient (Wildman–Crippen LogP) is 1.94. The molecule has 1 heterocycles. The van der Waals surface area contributed by atoms with E-state index in [1.165, 1.54) is 4.90 Å². The van der Waals surface area contributed by atoms with Crippen LogP contribution in [0.25, 0.3) is 0 Å². The number of nitrogens with two attached hydrogens (primary N) is 1. The van der Waals surface area contributed by atoms with Crippen LogP contribution in [0.5, 0.6) is 0 Å². The van der Waals surface area contributed by atoms with E-state index in [4.69, 9.17) is 5.73 Å². The van der Waals surface area contributed by atoms with Gasteiger partial charge in [-0.1, -0.05) is 19.8 Å². The zero-order valence-electron chi connectivity index (χ0n) is 14.6. The zero-order chi connectivity index (χ0) is 18.0. The third kappa shape index (κ3) is 3.31. The number of hydrogen-bond acceptors (Lipinski definition) is 4. The number of carbonyl (C=O) groups excluding carboxylic acids is 3. The first-order chi connectivity index (χ1) is 12.1. The number of nitrogens with one attached hydrogen (secondary N) is 1. The Hall–Kier alpha value is -2.21.